The summed E-state index contributed by atoms with van der Waals surface area (Å²) in [7, 11) is -3.72. The van der Waals surface area contributed by atoms with E-state index < -0.39 is 10.0 Å². The third-order valence-corrected chi connectivity index (χ3v) is 5.71. The first-order chi connectivity index (χ1) is 13.8. The van der Waals surface area contributed by atoms with Crippen molar-refractivity contribution >= 4 is 16.0 Å². The zero-order valence-electron chi connectivity index (χ0n) is 17.7. The van der Waals surface area contributed by atoms with Crippen LogP contribution in [-0.2, 0) is 21.3 Å². The maximum atomic E-state index is 11.5. The molecule has 1 aliphatic heterocycles. The second-order valence-corrected chi connectivity index (χ2v) is 9.26. The number of nitrogens with zero attached hydrogens (tertiary/aromatic N) is 2. The smallest absolute Gasteiger partial charge is 0.238 e. The Morgan fingerprint density at radius 2 is 2.00 bits per heavy atom. The van der Waals surface area contributed by atoms with E-state index in [-0.39, 0.29) is 4.90 Å². The molecule has 4 N–H and O–H groups in total. The minimum atomic E-state index is -3.72. The molecule has 1 unspecified atom stereocenters. The third-order valence-electron chi connectivity index (χ3n) is 4.80. The number of nitrogens with two attached hydrogens (primary N) is 1. The zero-order chi connectivity index (χ0) is 21.3. The molecule has 9 heteroatoms. The molecule has 164 valence electrons. The van der Waals surface area contributed by atoms with Gasteiger partial charge in [0.05, 0.1) is 24.7 Å². The normalized spacial score (nSPS) is 17.3. The quantitative estimate of drug-likeness (QED) is 0.404. The molecule has 1 saturated heterocycles. The molecular weight excluding hydrogens is 390 g/mol. The number of sulfonamides is 1. The van der Waals surface area contributed by atoms with Crippen LogP contribution in [0, 0.1) is 5.92 Å². The summed E-state index contributed by atoms with van der Waals surface area (Å²) in [6.07, 6.45) is 1.10. The van der Waals surface area contributed by atoms with Crippen molar-refractivity contribution in [1.82, 2.24) is 15.5 Å². The maximum Gasteiger partial charge on any atom is 0.238 e. The summed E-state index contributed by atoms with van der Waals surface area (Å²) < 4.78 is 28.6. The van der Waals surface area contributed by atoms with Crippen molar-refractivity contribution < 1.29 is 13.2 Å². The Bertz CT molecular complexity index is 761. The Labute approximate surface area is 175 Å². The summed E-state index contributed by atoms with van der Waals surface area (Å²) in [4.78, 5) is 7.20. The van der Waals surface area contributed by atoms with Crippen molar-refractivity contribution in [2.24, 2.45) is 16.0 Å². The van der Waals surface area contributed by atoms with E-state index in [4.69, 9.17) is 9.88 Å². The Balaban J connectivity index is 2.03. The van der Waals surface area contributed by atoms with Crippen molar-refractivity contribution in [2.45, 2.75) is 44.7 Å². The fourth-order valence-electron chi connectivity index (χ4n) is 3.40. The van der Waals surface area contributed by atoms with Crippen LogP contribution in [0.15, 0.2) is 34.2 Å². The third kappa shape index (κ3) is 8.30. The molecule has 29 heavy (non-hydrogen) atoms. The minimum absolute atomic E-state index is 0.104. The first kappa shape index (κ1) is 23.6. The SMILES string of the molecule is CCNC(=NCc1cccc(S(N)(=O)=O)c1)NCC(CC(C)C)N1CCOCC1. The molecule has 0 aliphatic carbocycles. The van der Waals surface area contributed by atoms with Crippen LogP contribution < -0.4 is 15.8 Å². The molecule has 1 aromatic carbocycles. The lowest BCUT2D eigenvalue weighted by Gasteiger charge is -2.35. The molecular formula is C20H35N5O3S. The van der Waals surface area contributed by atoms with Gasteiger partial charge in [0.25, 0.3) is 0 Å². The van der Waals surface area contributed by atoms with Crippen molar-refractivity contribution in [3.63, 3.8) is 0 Å². The van der Waals surface area contributed by atoms with Gasteiger partial charge in [-0.3, -0.25) is 4.90 Å². The van der Waals surface area contributed by atoms with Crippen LogP contribution in [0.25, 0.3) is 0 Å². The Hall–Kier alpha value is -1.68. The molecule has 1 aliphatic rings. The van der Waals surface area contributed by atoms with E-state index in [1.807, 2.05) is 13.0 Å². The molecule has 0 radical (unpaired) electrons. The second kappa shape index (κ2) is 11.5. The number of hydrogen-bond acceptors (Lipinski definition) is 5. The monoisotopic (exact) mass is 425 g/mol. The van der Waals surface area contributed by atoms with Gasteiger partial charge in [-0.25, -0.2) is 18.5 Å². The molecule has 8 nitrogen and oxygen atoms in total. The van der Waals surface area contributed by atoms with E-state index in [0.29, 0.717) is 18.5 Å². The lowest BCUT2D eigenvalue weighted by molar-refractivity contribution is 0.0132. The average Bonchev–Trinajstić information content (AvgIpc) is 2.69. The van der Waals surface area contributed by atoms with Crippen molar-refractivity contribution in [3.8, 4) is 0 Å². The summed E-state index contributed by atoms with van der Waals surface area (Å²) in [6, 6.07) is 7.00. The Morgan fingerprint density at radius 1 is 1.28 bits per heavy atom. The highest BCUT2D eigenvalue weighted by Crippen LogP contribution is 2.13. The number of morpholine rings is 1. The number of rotatable bonds is 9. The summed E-state index contributed by atoms with van der Waals surface area (Å²) in [5.41, 5.74) is 0.792. The van der Waals surface area contributed by atoms with Gasteiger partial charge in [0.2, 0.25) is 10.0 Å². The van der Waals surface area contributed by atoms with Gasteiger partial charge in [0.1, 0.15) is 0 Å². The largest absolute Gasteiger partial charge is 0.379 e. The lowest BCUT2D eigenvalue weighted by atomic mass is 10.0. The van der Waals surface area contributed by atoms with Crippen LogP contribution >= 0.6 is 0 Å². The van der Waals surface area contributed by atoms with Crippen LogP contribution in [-0.4, -0.2) is 64.7 Å². The number of nitrogens with one attached hydrogen (secondary N) is 2. The van der Waals surface area contributed by atoms with Crippen molar-refractivity contribution in [2.75, 3.05) is 39.4 Å². The fraction of sp³-hybridized carbons (Fsp3) is 0.650. The fourth-order valence-corrected chi connectivity index (χ4v) is 3.98. The van der Waals surface area contributed by atoms with Gasteiger partial charge >= 0.3 is 0 Å². The van der Waals surface area contributed by atoms with E-state index in [1.165, 1.54) is 6.07 Å². The highest BCUT2D eigenvalue weighted by atomic mass is 32.2. The molecule has 0 amide bonds. The summed E-state index contributed by atoms with van der Waals surface area (Å²) in [5, 5.41) is 11.9. The molecule has 1 atom stereocenters. The Morgan fingerprint density at radius 3 is 2.62 bits per heavy atom. The molecule has 1 aromatic rings. The van der Waals surface area contributed by atoms with Crippen molar-refractivity contribution in [1.29, 1.82) is 0 Å². The first-order valence-corrected chi connectivity index (χ1v) is 11.8. The molecule has 1 fully saturated rings. The average molecular weight is 426 g/mol. The summed E-state index contributed by atoms with van der Waals surface area (Å²) >= 11 is 0. The molecule has 0 saturated carbocycles. The predicted octanol–water partition coefficient (Wildman–Crippen LogP) is 1.14. The van der Waals surface area contributed by atoms with Crippen molar-refractivity contribution in [3.05, 3.63) is 29.8 Å². The summed E-state index contributed by atoms with van der Waals surface area (Å²) in [6.45, 7) is 11.9. The number of aliphatic imine (C=N–C) groups is 1. The topological polar surface area (TPSA) is 109 Å². The van der Waals surface area contributed by atoms with Crippen LogP contribution in [0.2, 0.25) is 0 Å². The molecule has 0 spiro atoms. The van der Waals surface area contributed by atoms with Gasteiger partial charge in [0, 0.05) is 32.2 Å². The number of ether oxygens (including phenoxy) is 1. The van der Waals surface area contributed by atoms with Crippen LogP contribution in [0.4, 0.5) is 0 Å². The van der Waals surface area contributed by atoms with E-state index in [1.54, 1.807) is 12.1 Å². The Kier molecular flexibility index (Phi) is 9.35. The van der Waals surface area contributed by atoms with Gasteiger partial charge in [-0.05, 0) is 37.0 Å². The van der Waals surface area contributed by atoms with Crippen LogP contribution in [0.3, 0.4) is 0 Å². The first-order valence-electron chi connectivity index (χ1n) is 10.2. The lowest BCUT2D eigenvalue weighted by Crippen LogP contribution is -2.51. The number of hydrogen-bond donors (Lipinski definition) is 3. The van der Waals surface area contributed by atoms with Gasteiger partial charge < -0.3 is 15.4 Å². The van der Waals surface area contributed by atoms with Crippen LogP contribution in [0.5, 0.6) is 0 Å². The van der Waals surface area contributed by atoms with Crippen LogP contribution in [0.1, 0.15) is 32.8 Å². The van der Waals surface area contributed by atoms with Gasteiger partial charge in [-0.1, -0.05) is 26.0 Å². The van der Waals surface area contributed by atoms with E-state index in [9.17, 15) is 8.42 Å². The molecule has 2 rings (SSSR count). The molecule has 0 aromatic heterocycles. The number of benzene rings is 1. The predicted molar refractivity (Wildman–Crippen MR) is 116 cm³/mol. The van der Waals surface area contributed by atoms with E-state index in [0.717, 1.165) is 57.3 Å². The van der Waals surface area contributed by atoms with Gasteiger partial charge in [0.15, 0.2) is 5.96 Å². The maximum absolute atomic E-state index is 11.5. The highest BCUT2D eigenvalue weighted by molar-refractivity contribution is 7.89. The molecule has 0 bridgehead atoms. The van der Waals surface area contributed by atoms with E-state index >= 15 is 0 Å². The second-order valence-electron chi connectivity index (χ2n) is 7.70. The highest BCUT2D eigenvalue weighted by Gasteiger charge is 2.22. The number of guanidine groups is 1. The number of primary sulfonamides is 1. The van der Waals surface area contributed by atoms with Gasteiger partial charge in [-0.15, -0.1) is 0 Å². The summed E-state index contributed by atoms with van der Waals surface area (Å²) in [5.74, 6) is 1.32. The minimum Gasteiger partial charge on any atom is -0.379 e. The van der Waals surface area contributed by atoms with E-state index in [2.05, 4.69) is 34.4 Å². The van der Waals surface area contributed by atoms with Gasteiger partial charge in [-0.2, -0.15) is 0 Å². The molecule has 1 heterocycles. The zero-order valence-corrected chi connectivity index (χ0v) is 18.5. The standard InChI is InChI=1S/C20H35N5O3S/c1-4-22-20(23-14-17-6-5-7-19(13-17)29(21,26)27)24-15-18(12-16(2)3)25-8-10-28-11-9-25/h5-7,13,16,18H,4,8-12,14-15H2,1-3H3,(H2,21,26,27)(H2,22,23,24).